The van der Waals surface area contributed by atoms with Crippen LogP contribution in [0.25, 0.3) is 27.9 Å². The van der Waals surface area contributed by atoms with Gasteiger partial charge in [-0.05, 0) is 185 Å². The molecule has 1 unspecified atom stereocenters. The topological polar surface area (TPSA) is 447 Å². The van der Waals surface area contributed by atoms with Crippen LogP contribution in [0.2, 0.25) is 0 Å². The van der Waals surface area contributed by atoms with E-state index in [9.17, 15) is 18.9 Å². The zero-order valence-electron chi connectivity index (χ0n) is 65.7. The number of carbonyl (C=O) groups is 2. The van der Waals surface area contributed by atoms with Crippen LogP contribution in [0.5, 0.6) is 57.5 Å². The van der Waals surface area contributed by atoms with Gasteiger partial charge in [-0.25, -0.2) is 19.6 Å². The van der Waals surface area contributed by atoms with E-state index in [0.717, 1.165) is 67.5 Å². The molecule has 113 heavy (non-hydrogen) atoms. The molecule has 0 amide bonds. The molecule has 10 N–H and O–H groups in total. The number of fused-ring (bicyclic) bond motifs is 1. The number of hydrogen-bond donors (Lipinski definition) is 6. The van der Waals surface area contributed by atoms with Gasteiger partial charge in [0.2, 0.25) is 0 Å². The molecule has 4 heterocycles. The van der Waals surface area contributed by atoms with E-state index in [2.05, 4.69) is 95.7 Å². The molecular weight excluding hydrogens is 1590 g/mol. The van der Waals surface area contributed by atoms with Crippen LogP contribution in [0.4, 0.5) is 4.79 Å². The third-order valence-corrected chi connectivity index (χ3v) is 14.3. The largest absolute Gasteiger partial charge is 0.508 e. The number of allylic oxidation sites excluding steroid dienone is 2. The Morgan fingerprint density at radius 1 is 0.602 bits per heavy atom. The molecular formula is C76H108Cl5N14O17P. The lowest BCUT2D eigenvalue weighted by Gasteiger charge is -2.11. The first-order valence-corrected chi connectivity index (χ1v) is 37.1. The number of rotatable bonds is 20. The maximum absolute atomic E-state index is 12.0. The lowest BCUT2D eigenvalue weighted by atomic mass is 9.97. The van der Waals surface area contributed by atoms with Crippen molar-refractivity contribution in [1.82, 2.24) is 19.6 Å². The molecule has 0 radical (unpaired) electrons. The predicted molar refractivity (Wildman–Crippen MR) is 455 cm³/mol. The number of nitrogens with two attached hydrogens (primary N) is 4. The summed E-state index contributed by atoms with van der Waals surface area (Å²) in [6.45, 7) is 20.1. The summed E-state index contributed by atoms with van der Waals surface area (Å²) in [4.78, 5) is 53.6. The Labute approximate surface area is 688 Å². The van der Waals surface area contributed by atoms with Crippen molar-refractivity contribution in [3.63, 3.8) is 0 Å². The smallest absolute Gasteiger partial charge is 0.493 e. The number of halogens is 5. The number of H-pyrrole nitrogens is 1. The minimum Gasteiger partial charge on any atom is -0.493 e. The number of nitrogens with one attached hydrogen (secondary N) is 2. The number of aromatic amines is 1. The third kappa shape index (κ3) is 36.3. The number of hydrogen-bond acceptors (Lipinski definition) is 28. The molecule has 31 nitrogen and oxygen atoms in total. The number of aromatic nitrogens is 4. The number of hydrazine groups is 1. The van der Waals surface area contributed by atoms with Gasteiger partial charge in [-0.3, -0.25) is 41.4 Å². The van der Waals surface area contributed by atoms with Crippen molar-refractivity contribution in [3.8, 4) is 80.8 Å². The van der Waals surface area contributed by atoms with Crippen LogP contribution in [0.1, 0.15) is 110 Å². The van der Waals surface area contributed by atoms with Crippen molar-refractivity contribution >= 4 is 116 Å². The third-order valence-electron chi connectivity index (χ3n) is 14.3. The van der Waals surface area contributed by atoms with Gasteiger partial charge in [0.15, 0.2) is 74.8 Å². The van der Waals surface area contributed by atoms with E-state index in [0.29, 0.717) is 120 Å². The zero-order valence-corrected chi connectivity index (χ0v) is 70.5. The molecule has 5 aromatic carbocycles. The van der Waals surface area contributed by atoms with Gasteiger partial charge in [0.05, 0.1) is 140 Å². The molecule has 2 aromatic heterocycles. The summed E-state index contributed by atoms with van der Waals surface area (Å²) in [5.74, 6) is 14.9. The number of nitriles is 2. The van der Waals surface area contributed by atoms with Gasteiger partial charge in [0.25, 0.3) is 0 Å². The van der Waals surface area contributed by atoms with Gasteiger partial charge in [0.1, 0.15) is 11.7 Å². The number of nitrogens with zero attached hydrogens (tertiary/aromatic N) is 8. The van der Waals surface area contributed by atoms with Gasteiger partial charge in [-0.2, -0.15) is 20.1 Å². The highest BCUT2D eigenvalue weighted by atomic mass is 36.0. The number of amidine groups is 1. The van der Waals surface area contributed by atoms with Crippen LogP contribution >= 0.6 is 63.7 Å². The number of aryl methyl sites for hydroxylation is 2. The molecule has 7 aromatic rings. The molecule has 37 heteroatoms. The molecule has 0 bridgehead atoms. The highest BCUT2D eigenvalue weighted by molar-refractivity contribution is 8.24. The molecule has 0 fully saturated rings. The fraction of sp³-hybridized carbons (Fsp3) is 0.382. The molecule has 9 rings (SSSR count). The Morgan fingerprint density at radius 3 is 1.35 bits per heavy atom. The number of carbonyl (C=O) groups excluding carboxylic acids is 2. The van der Waals surface area contributed by atoms with E-state index in [1.165, 1.54) is 25.7 Å². The number of Topliss-reactive ketones (excluding diaryl/α,β-unsaturated/α-hetero) is 1. The van der Waals surface area contributed by atoms with Crippen molar-refractivity contribution in [2.75, 3.05) is 104 Å². The van der Waals surface area contributed by atoms with E-state index in [1.807, 2.05) is 100 Å². The predicted octanol–water partition coefficient (Wildman–Crippen LogP) is 15.4. The Bertz CT molecular complexity index is 4500. The normalized spacial score (nSPS) is 11.3. The van der Waals surface area contributed by atoms with Crippen LogP contribution < -0.4 is 76.2 Å². The van der Waals surface area contributed by atoms with Crippen molar-refractivity contribution in [1.29, 1.82) is 15.9 Å². The van der Waals surface area contributed by atoms with Gasteiger partial charge in [-0.1, -0.05) is 45.2 Å². The minimum atomic E-state index is -3.22. The first kappa shape index (κ1) is 109. The average Bonchev–Trinajstić information content (AvgIpc) is 2.03. The maximum atomic E-state index is 12.0. The van der Waals surface area contributed by atoms with Crippen LogP contribution in [0, 0.1) is 41.9 Å². The van der Waals surface area contributed by atoms with Gasteiger partial charge < -0.3 is 73.0 Å². The Morgan fingerprint density at radius 2 is 0.982 bits per heavy atom. The van der Waals surface area contributed by atoms with Gasteiger partial charge in [0, 0.05) is 40.8 Å². The quantitative estimate of drug-likeness (QED) is 0.0103. The first-order chi connectivity index (χ1) is 51.8. The summed E-state index contributed by atoms with van der Waals surface area (Å²) in [5.41, 5.74) is 23.4. The summed E-state index contributed by atoms with van der Waals surface area (Å²) in [7, 11) is 15.8. The maximum Gasteiger partial charge on any atom is 0.508 e. The second-order valence-corrected chi connectivity index (χ2v) is 28.3. The molecule has 0 aliphatic carbocycles. The fourth-order valence-corrected chi connectivity index (χ4v) is 9.70. The average molecular weight is 1700 g/mol. The molecule has 624 valence electrons. The zero-order chi connectivity index (χ0) is 82.7. The second-order valence-electron chi connectivity index (χ2n) is 21.6. The van der Waals surface area contributed by atoms with Crippen molar-refractivity contribution in [3.05, 3.63) is 147 Å². The first-order valence-electron chi connectivity index (χ1n) is 32.7. The number of ketones is 1. The molecule has 2 aliphatic rings. The lowest BCUT2D eigenvalue weighted by molar-refractivity contribution is -0.117. The highest BCUT2D eigenvalue weighted by Crippen LogP contribution is 2.61. The van der Waals surface area contributed by atoms with Gasteiger partial charge >= 0.3 is 17.0 Å². The van der Waals surface area contributed by atoms with E-state index >= 15 is 0 Å². The van der Waals surface area contributed by atoms with E-state index in [-0.39, 0.29) is 57.0 Å². The summed E-state index contributed by atoms with van der Waals surface area (Å²) in [5, 5.41) is 25.1. The highest BCUT2D eigenvalue weighted by Gasteiger charge is 2.22. The summed E-state index contributed by atoms with van der Waals surface area (Å²) >= 11 is 13.8. The Hall–Kier alpha value is -10.5. The standard InChI is InChI=1S/C15H16N4O3.C15H19N3O2.C13H16N2O2.C12H13NO3.C10H11NO2.C5H10O3.C4H9NO.2CH4.Cl3OP.2ClH.H4N2/c1-8-13(10-5-6-11(21-3)12(7-10)22-4)14-16-9(2)17-15(20)19(14)18-8;1-9-15(12(8-17-9)18-10(2)16)11-5-6-13(19-3)14(7-11)20-4;1-8-13(10(14)7-15-8)9-4-5-11(16-2)12(6-9)17-3;1-8(14)10(7-13)9-4-5-11(15-2)12(6-9)16-3;1-12-9-4-3-8(5-6-11)7-10(9)13-2;1-3-7-5(6)8-4-2;1-3-6-4(2)5;;;1-5(2,3)4;;;1-2/h5-7H,1-4H3,(H,16,17,20);5-7H,8H2,1-4H3,(H2,16,18);4-6H,7,14H2,1-3H3;4-6,10H,1-3H3;3-4,7H,5H2,1-2H3;3-4H2,1-2H3;5H,3H2,1-2H3;2*1H4;;2*1H;1-2H2. The lowest BCUT2D eigenvalue weighted by Crippen LogP contribution is -2.19. The molecule has 0 saturated carbocycles. The number of benzene rings is 5. The van der Waals surface area contributed by atoms with Crippen molar-refractivity contribution in [2.24, 2.45) is 38.1 Å². The monoisotopic (exact) mass is 1690 g/mol. The SMILES string of the molecule is C.C.CCOC(=O)OCC.CCOC(C)=N.COc1ccc(-c2c(C)nn3c(=O)[nH]c(C)nc23)cc1OC.COc1ccc(C(C#N)C(C)=O)cc1OC.COc1ccc(C2=C(N)CN=C2C)cc1OC.COc1ccc(C2=C(N=C(C)N)CN=C2C)cc1OC.COc1ccc(CC#N)cc1OC.Cl.Cl.NN.O=P(Cl)(Cl)Cl. The second kappa shape index (κ2) is 57.5. The molecule has 1 atom stereocenters. The van der Waals surface area contributed by atoms with Crippen LogP contribution in [0.3, 0.4) is 0 Å². The Kier molecular flexibility index (Phi) is 55.4. The van der Waals surface area contributed by atoms with Crippen molar-refractivity contribution in [2.45, 2.75) is 96.4 Å². The minimum absolute atomic E-state index is 0. The number of ether oxygens (including phenoxy) is 13. The fourth-order valence-electron chi connectivity index (χ4n) is 9.70. The molecule has 0 spiro atoms. The molecule has 2 aliphatic heterocycles. The van der Waals surface area contributed by atoms with Crippen LogP contribution in [-0.2, 0) is 30.0 Å². The Balaban J connectivity index is -0.000000617. The summed E-state index contributed by atoms with van der Waals surface area (Å²) in [6, 6.07) is 31.6. The van der Waals surface area contributed by atoms with E-state index in [1.54, 1.807) is 116 Å². The number of aliphatic imine (C=N–C) groups is 3. The van der Waals surface area contributed by atoms with Crippen molar-refractivity contribution < 1.29 is 75.7 Å². The van der Waals surface area contributed by atoms with Gasteiger partial charge in [-0.15, -0.1) is 24.8 Å². The molecule has 0 saturated heterocycles. The van der Waals surface area contributed by atoms with E-state index < -0.39 is 17.3 Å². The summed E-state index contributed by atoms with van der Waals surface area (Å²) in [6.07, 6.45) is -0.199. The number of methoxy groups -OCH3 is 10. The van der Waals surface area contributed by atoms with Crippen LogP contribution in [0.15, 0.2) is 122 Å². The van der Waals surface area contributed by atoms with E-state index in [4.69, 9.17) is 74.8 Å². The summed E-state index contributed by atoms with van der Waals surface area (Å²) < 4.78 is 76.2. The van der Waals surface area contributed by atoms with Crippen LogP contribution in [-0.4, -0.2) is 159 Å².